The van der Waals surface area contributed by atoms with Crippen molar-refractivity contribution in [2.45, 2.75) is 86.6 Å². The van der Waals surface area contributed by atoms with Gasteiger partial charge in [-0.1, -0.05) is 117 Å². The summed E-state index contributed by atoms with van der Waals surface area (Å²) in [6.45, 7) is 36.3. The summed E-state index contributed by atoms with van der Waals surface area (Å²) in [4.78, 5) is 8.07. The van der Waals surface area contributed by atoms with E-state index in [1.54, 1.807) is 0 Å². The molecule has 43 heavy (non-hydrogen) atoms. The second-order valence-electron chi connectivity index (χ2n) is 12.4. The van der Waals surface area contributed by atoms with Crippen molar-refractivity contribution >= 4 is 28.3 Å². The zero-order chi connectivity index (χ0) is 32.0. The Hall–Kier alpha value is -1.66. The average Bonchev–Trinajstić information content (AvgIpc) is 3.19. The molecule has 0 radical (unpaired) electrons. The third-order valence-corrected chi connectivity index (χ3v) is 11.6. The molecule has 2 heterocycles. The number of benzene rings is 1. The SMILES string of the molecule is C=Cc1ccc(C(C)C(CC)CCC)c(N2CCN(CCN3CCN(S(=C)CC)CC3)C(/C=C\C)C(C)(C=C)C2)c1.CC. The summed E-state index contributed by atoms with van der Waals surface area (Å²) in [7, 11) is 0.170. The molecule has 0 aliphatic carbocycles. The molecule has 2 aliphatic rings. The first-order valence-electron chi connectivity index (χ1n) is 17.2. The van der Waals surface area contributed by atoms with Crippen molar-refractivity contribution in [3.8, 4) is 0 Å². The largest absolute Gasteiger partial charge is 0.369 e. The summed E-state index contributed by atoms with van der Waals surface area (Å²) in [6, 6.07) is 7.38. The van der Waals surface area contributed by atoms with Gasteiger partial charge in [0.05, 0.1) is 0 Å². The minimum absolute atomic E-state index is 0.0661. The molecule has 0 aromatic heterocycles. The fraction of sp³-hybridized carbons (Fsp3) is 0.658. The van der Waals surface area contributed by atoms with Crippen LogP contribution in [0, 0.1) is 11.3 Å². The number of allylic oxidation sites excluding steroid dienone is 1. The third-order valence-electron chi connectivity index (χ3n) is 9.84. The normalized spacial score (nSPS) is 24.6. The molecule has 0 saturated carbocycles. The van der Waals surface area contributed by atoms with Gasteiger partial charge in [-0.25, -0.2) is 0 Å². The molecule has 5 atom stereocenters. The molecule has 1 aromatic rings. The minimum Gasteiger partial charge on any atom is -0.369 e. The van der Waals surface area contributed by atoms with Crippen LogP contribution in [0.5, 0.6) is 0 Å². The highest BCUT2D eigenvalue weighted by atomic mass is 32.2. The predicted molar refractivity (Wildman–Crippen MR) is 199 cm³/mol. The molecule has 244 valence electrons. The molecule has 1 aromatic carbocycles. The van der Waals surface area contributed by atoms with E-state index in [1.165, 1.54) is 36.1 Å². The molecule has 3 rings (SSSR count). The maximum atomic E-state index is 4.41. The lowest BCUT2D eigenvalue weighted by Crippen LogP contribution is -2.50. The van der Waals surface area contributed by atoms with Crippen LogP contribution in [0.15, 0.2) is 49.6 Å². The molecule has 2 aliphatic heterocycles. The average molecular weight is 611 g/mol. The van der Waals surface area contributed by atoms with Gasteiger partial charge in [0.15, 0.2) is 0 Å². The van der Waals surface area contributed by atoms with Gasteiger partial charge in [0.1, 0.15) is 0 Å². The number of hydrogen-bond donors (Lipinski definition) is 0. The lowest BCUT2D eigenvalue weighted by molar-refractivity contribution is 0.127. The Bertz CT molecular complexity index is 1030. The van der Waals surface area contributed by atoms with Gasteiger partial charge < -0.3 is 4.90 Å². The summed E-state index contributed by atoms with van der Waals surface area (Å²) in [5.74, 6) is 6.76. The molecule has 5 heteroatoms. The van der Waals surface area contributed by atoms with Crippen molar-refractivity contribution < 1.29 is 0 Å². The van der Waals surface area contributed by atoms with Gasteiger partial charge in [-0.05, 0) is 41.7 Å². The van der Waals surface area contributed by atoms with Crippen molar-refractivity contribution in [1.29, 1.82) is 0 Å². The summed E-state index contributed by atoms with van der Waals surface area (Å²) in [5.41, 5.74) is 4.03. The molecule has 2 fully saturated rings. The Kier molecular flexibility index (Phi) is 16.6. The number of piperazine rings is 1. The zero-order valence-electron chi connectivity index (χ0n) is 29.3. The van der Waals surface area contributed by atoms with Crippen molar-refractivity contribution in [2.75, 3.05) is 69.6 Å². The van der Waals surface area contributed by atoms with E-state index >= 15 is 0 Å². The molecular weight excluding hydrogens is 545 g/mol. The Balaban J connectivity index is 0.00000316. The molecule has 2 saturated heterocycles. The standard InChI is InChI=1S/C36H60N4S.C2H6/c1-10-16-32(13-4)30(7)33-19-18-31(12-3)28-34(33)39-25-24-38(35(17-11-2)36(8,14-5)29-39)23-20-37-21-26-40(27-22-37)41(9)15-6;1-2/h11-12,14,17-19,28,30,32,35H,3,5,9-10,13,15-16,20-27,29H2,1-2,4,6-8H3;1-2H3/b17-11-;. The first-order chi connectivity index (χ1) is 20.7. The maximum absolute atomic E-state index is 4.41. The lowest BCUT2D eigenvalue weighted by atomic mass is 9.79. The van der Waals surface area contributed by atoms with Gasteiger partial charge in [0.25, 0.3) is 0 Å². The number of rotatable bonds is 14. The van der Waals surface area contributed by atoms with E-state index in [9.17, 15) is 0 Å². The van der Waals surface area contributed by atoms with E-state index in [2.05, 4.69) is 116 Å². The van der Waals surface area contributed by atoms with Crippen LogP contribution >= 0.6 is 10.7 Å². The highest BCUT2D eigenvalue weighted by Gasteiger charge is 2.39. The van der Waals surface area contributed by atoms with E-state index in [0.29, 0.717) is 17.9 Å². The molecule has 0 spiro atoms. The molecule has 4 nitrogen and oxygen atoms in total. The maximum Gasteiger partial charge on any atom is 0.0408 e. The summed E-state index contributed by atoms with van der Waals surface area (Å²) < 4.78 is 2.58. The zero-order valence-corrected chi connectivity index (χ0v) is 30.1. The molecular formula is C38H66N4S. The Morgan fingerprint density at radius 2 is 1.72 bits per heavy atom. The summed E-state index contributed by atoms with van der Waals surface area (Å²) in [5, 5.41) is 0. The topological polar surface area (TPSA) is 13.0 Å². The van der Waals surface area contributed by atoms with Crippen molar-refractivity contribution in [2.24, 2.45) is 11.3 Å². The van der Waals surface area contributed by atoms with E-state index in [1.807, 2.05) is 19.9 Å². The monoisotopic (exact) mass is 611 g/mol. The second kappa shape index (κ2) is 19.0. The van der Waals surface area contributed by atoms with Gasteiger partial charge in [-0.2, -0.15) is 0 Å². The van der Waals surface area contributed by atoms with E-state index in [0.717, 1.165) is 64.7 Å². The number of hydrogen-bond acceptors (Lipinski definition) is 4. The van der Waals surface area contributed by atoms with Crippen LogP contribution in [0.4, 0.5) is 5.69 Å². The molecule has 0 amide bonds. The quantitative estimate of drug-likeness (QED) is 0.154. The summed E-state index contributed by atoms with van der Waals surface area (Å²) in [6.07, 6.45) is 12.6. The first-order valence-corrected chi connectivity index (χ1v) is 18.8. The smallest absolute Gasteiger partial charge is 0.0408 e. The Morgan fingerprint density at radius 3 is 2.28 bits per heavy atom. The van der Waals surface area contributed by atoms with Crippen molar-refractivity contribution in [3.63, 3.8) is 0 Å². The van der Waals surface area contributed by atoms with E-state index in [-0.39, 0.29) is 16.1 Å². The molecule has 0 bridgehead atoms. The van der Waals surface area contributed by atoms with E-state index in [4.69, 9.17) is 0 Å². The van der Waals surface area contributed by atoms with Crippen LogP contribution in [0.25, 0.3) is 6.08 Å². The van der Waals surface area contributed by atoms with Gasteiger partial charge >= 0.3 is 0 Å². The highest BCUT2D eigenvalue weighted by Crippen LogP contribution is 2.40. The predicted octanol–water partition coefficient (Wildman–Crippen LogP) is 8.80. The lowest BCUT2D eigenvalue weighted by Gasteiger charge is -2.41. The van der Waals surface area contributed by atoms with Crippen molar-refractivity contribution in [1.82, 2.24) is 14.1 Å². The first kappa shape index (κ1) is 37.5. The second-order valence-corrected chi connectivity index (χ2v) is 14.4. The van der Waals surface area contributed by atoms with Gasteiger partial charge in [0.2, 0.25) is 0 Å². The van der Waals surface area contributed by atoms with Crippen LogP contribution in [-0.2, 0) is 0 Å². The minimum atomic E-state index is -0.0661. The van der Waals surface area contributed by atoms with Crippen LogP contribution in [0.1, 0.15) is 91.7 Å². The summed E-state index contributed by atoms with van der Waals surface area (Å²) >= 11 is 0. The van der Waals surface area contributed by atoms with Gasteiger partial charge in [-0.15, -0.1) is 17.2 Å². The number of anilines is 1. The fourth-order valence-electron chi connectivity index (χ4n) is 7.00. The third kappa shape index (κ3) is 9.91. The van der Waals surface area contributed by atoms with Crippen LogP contribution in [-0.4, -0.2) is 90.7 Å². The Labute approximate surface area is 270 Å². The van der Waals surface area contributed by atoms with Crippen LogP contribution in [0.2, 0.25) is 0 Å². The molecule has 0 N–H and O–H groups in total. The van der Waals surface area contributed by atoms with Crippen LogP contribution < -0.4 is 4.90 Å². The molecule has 5 unspecified atom stereocenters. The van der Waals surface area contributed by atoms with Crippen LogP contribution in [0.3, 0.4) is 0 Å². The fourth-order valence-corrected chi connectivity index (χ4v) is 8.04. The van der Waals surface area contributed by atoms with E-state index < -0.39 is 0 Å². The van der Waals surface area contributed by atoms with Gasteiger partial charge in [-0.3, -0.25) is 14.1 Å². The van der Waals surface area contributed by atoms with Gasteiger partial charge in [0, 0.05) is 76.0 Å². The Morgan fingerprint density at radius 1 is 1.02 bits per heavy atom. The van der Waals surface area contributed by atoms with Crippen molar-refractivity contribution in [3.05, 3.63) is 60.7 Å². The highest BCUT2D eigenvalue weighted by molar-refractivity contribution is 8.12. The number of nitrogens with zero attached hydrogens (tertiary/aromatic N) is 4.